The average molecular weight is 572 g/mol. The van der Waals surface area contributed by atoms with E-state index in [1.54, 1.807) is 73.7 Å². The number of hydrogen-bond donors (Lipinski definition) is 1. The highest BCUT2D eigenvalue weighted by Crippen LogP contribution is 2.26. The van der Waals surface area contributed by atoms with Crippen LogP contribution in [0.5, 0.6) is 5.75 Å². The molecule has 39 heavy (non-hydrogen) atoms. The molecule has 1 N–H and O–H groups in total. The van der Waals surface area contributed by atoms with Crippen LogP contribution < -0.4 is 14.4 Å². The molecule has 0 radical (unpaired) electrons. The number of ether oxygens (including phenoxy) is 1. The molecule has 3 rings (SSSR count). The van der Waals surface area contributed by atoms with Crippen LogP contribution in [0.3, 0.4) is 0 Å². The predicted molar refractivity (Wildman–Crippen MR) is 153 cm³/mol. The number of carbonyl (C=O) groups excluding carboxylic acids is 2. The molecule has 0 aliphatic carbocycles. The molecule has 0 spiro atoms. The molecule has 8 nitrogen and oxygen atoms in total. The number of rotatable bonds is 13. The summed E-state index contributed by atoms with van der Waals surface area (Å²) in [7, 11) is -2.64. The normalized spacial score (nSPS) is 11.9. The summed E-state index contributed by atoms with van der Waals surface area (Å²) in [6, 6.07) is 20.5. The maximum atomic E-state index is 13.8. The zero-order valence-electron chi connectivity index (χ0n) is 22.3. The number of methoxy groups -OCH3 is 1. The highest BCUT2D eigenvalue weighted by Gasteiger charge is 2.32. The van der Waals surface area contributed by atoms with Crippen molar-refractivity contribution >= 4 is 39.1 Å². The molecule has 0 saturated heterocycles. The second-order valence-corrected chi connectivity index (χ2v) is 11.3. The van der Waals surface area contributed by atoms with Crippen LogP contribution >= 0.6 is 11.6 Å². The number of anilines is 1. The Morgan fingerprint density at radius 2 is 1.62 bits per heavy atom. The lowest BCUT2D eigenvalue weighted by Gasteiger charge is -2.32. The number of para-hydroxylation sites is 1. The smallest absolute Gasteiger partial charge is 0.264 e. The third kappa shape index (κ3) is 7.97. The Morgan fingerprint density at radius 1 is 0.974 bits per heavy atom. The standard InChI is InChI=1S/C29H34ClN3O5S/c1-4-5-19-31-29(35)22(2)32(20-23-11-13-24(30)14-12-23)28(34)21-33(25-9-7-6-8-10-25)39(36,37)27-17-15-26(38-3)16-18-27/h6-18,22H,4-5,19-21H2,1-3H3,(H,31,35)/t22-/m1/s1. The molecular weight excluding hydrogens is 538 g/mol. The fraction of sp³-hybridized carbons (Fsp3) is 0.310. The minimum Gasteiger partial charge on any atom is -0.497 e. The summed E-state index contributed by atoms with van der Waals surface area (Å²) in [6.07, 6.45) is 1.73. The number of unbranched alkanes of at least 4 members (excludes halogenated alkanes) is 1. The van der Waals surface area contributed by atoms with Gasteiger partial charge in [-0.3, -0.25) is 13.9 Å². The number of nitrogens with one attached hydrogen (secondary N) is 1. The molecule has 3 aromatic rings. The topological polar surface area (TPSA) is 96.0 Å². The molecule has 0 saturated carbocycles. The van der Waals surface area contributed by atoms with E-state index in [0.717, 1.165) is 22.7 Å². The van der Waals surface area contributed by atoms with Crippen LogP contribution in [0.15, 0.2) is 83.8 Å². The fourth-order valence-corrected chi connectivity index (χ4v) is 5.44. The number of sulfonamides is 1. The van der Waals surface area contributed by atoms with Gasteiger partial charge in [0.15, 0.2) is 0 Å². The van der Waals surface area contributed by atoms with Crippen LogP contribution in [-0.2, 0) is 26.2 Å². The zero-order chi connectivity index (χ0) is 28.4. The summed E-state index contributed by atoms with van der Waals surface area (Å²) in [5.41, 5.74) is 1.08. The first-order valence-corrected chi connectivity index (χ1v) is 14.5. The number of carbonyl (C=O) groups is 2. The fourth-order valence-electron chi connectivity index (χ4n) is 3.90. The molecule has 2 amide bonds. The average Bonchev–Trinajstić information content (AvgIpc) is 2.95. The summed E-state index contributed by atoms with van der Waals surface area (Å²) in [4.78, 5) is 28.2. The highest BCUT2D eigenvalue weighted by atomic mass is 35.5. The Kier molecular flexibility index (Phi) is 10.8. The first-order valence-electron chi connectivity index (χ1n) is 12.7. The van der Waals surface area contributed by atoms with Crippen LogP contribution in [0.4, 0.5) is 5.69 Å². The second kappa shape index (κ2) is 14.0. The molecule has 0 fully saturated rings. The molecule has 10 heteroatoms. The van der Waals surface area contributed by atoms with Gasteiger partial charge in [-0.25, -0.2) is 8.42 Å². The molecule has 0 aliphatic rings. The van der Waals surface area contributed by atoms with Gasteiger partial charge >= 0.3 is 0 Å². The summed E-state index contributed by atoms with van der Waals surface area (Å²) in [6.45, 7) is 3.75. The summed E-state index contributed by atoms with van der Waals surface area (Å²) in [5.74, 6) is -0.326. The van der Waals surface area contributed by atoms with Crippen LogP contribution in [0.1, 0.15) is 32.3 Å². The first-order chi connectivity index (χ1) is 18.7. The molecule has 3 aromatic carbocycles. The molecule has 0 unspecified atom stereocenters. The predicted octanol–water partition coefficient (Wildman–Crippen LogP) is 4.88. The minimum absolute atomic E-state index is 0.00885. The summed E-state index contributed by atoms with van der Waals surface area (Å²) >= 11 is 6.03. The maximum Gasteiger partial charge on any atom is 0.264 e. The summed E-state index contributed by atoms with van der Waals surface area (Å²) < 4.78 is 33.8. The lowest BCUT2D eigenvalue weighted by Crippen LogP contribution is -2.51. The van der Waals surface area contributed by atoms with Gasteiger partial charge in [-0.2, -0.15) is 0 Å². The number of halogens is 1. The van der Waals surface area contributed by atoms with Crippen LogP contribution in [0.25, 0.3) is 0 Å². The van der Waals surface area contributed by atoms with Crippen molar-refractivity contribution < 1.29 is 22.7 Å². The van der Waals surface area contributed by atoms with E-state index in [1.165, 1.54) is 24.1 Å². The van der Waals surface area contributed by atoms with Crippen molar-refractivity contribution in [2.75, 3.05) is 24.5 Å². The van der Waals surface area contributed by atoms with Crippen molar-refractivity contribution in [3.05, 3.63) is 89.4 Å². The van der Waals surface area contributed by atoms with E-state index < -0.39 is 28.5 Å². The molecule has 0 aromatic heterocycles. The van der Waals surface area contributed by atoms with Crippen molar-refractivity contribution in [1.29, 1.82) is 0 Å². The van der Waals surface area contributed by atoms with Crippen LogP contribution in [0.2, 0.25) is 5.02 Å². The SMILES string of the molecule is CCCCNC(=O)[C@@H](C)N(Cc1ccc(Cl)cc1)C(=O)CN(c1ccccc1)S(=O)(=O)c1ccc(OC)cc1. The van der Waals surface area contributed by atoms with E-state index in [4.69, 9.17) is 16.3 Å². The van der Waals surface area contributed by atoms with E-state index >= 15 is 0 Å². The van der Waals surface area contributed by atoms with Gasteiger partial charge in [0.2, 0.25) is 11.8 Å². The lowest BCUT2D eigenvalue weighted by atomic mass is 10.1. The molecule has 0 aliphatic heterocycles. The van der Waals surface area contributed by atoms with Gasteiger partial charge in [0.25, 0.3) is 10.0 Å². The zero-order valence-corrected chi connectivity index (χ0v) is 23.9. The van der Waals surface area contributed by atoms with Crippen LogP contribution in [0, 0.1) is 0 Å². The molecule has 208 valence electrons. The van der Waals surface area contributed by atoms with E-state index in [0.29, 0.717) is 23.0 Å². The Morgan fingerprint density at radius 3 is 2.21 bits per heavy atom. The minimum atomic E-state index is -4.14. The van der Waals surface area contributed by atoms with Crippen LogP contribution in [-0.4, -0.2) is 51.4 Å². The van der Waals surface area contributed by atoms with E-state index in [-0.39, 0.29) is 17.3 Å². The van der Waals surface area contributed by atoms with E-state index in [1.807, 2.05) is 6.92 Å². The third-order valence-corrected chi connectivity index (χ3v) is 8.27. The molecule has 0 bridgehead atoms. The first kappa shape index (κ1) is 30.0. The van der Waals surface area contributed by atoms with Crippen molar-refractivity contribution in [3.63, 3.8) is 0 Å². The van der Waals surface area contributed by atoms with Gasteiger partial charge in [-0.15, -0.1) is 0 Å². The van der Waals surface area contributed by atoms with E-state index in [2.05, 4.69) is 5.32 Å². The maximum absolute atomic E-state index is 13.8. The number of nitrogens with zero attached hydrogens (tertiary/aromatic N) is 2. The lowest BCUT2D eigenvalue weighted by molar-refractivity contribution is -0.139. The molecule has 0 heterocycles. The van der Waals surface area contributed by atoms with Gasteiger partial charge < -0.3 is 15.0 Å². The van der Waals surface area contributed by atoms with Crippen molar-refractivity contribution in [3.8, 4) is 5.75 Å². The van der Waals surface area contributed by atoms with Gasteiger partial charge in [0.05, 0.1) is 17.7 Å². The Balaban J connectivity index is 1.96. The van der Waals surface area contributed by atoms with Crippen molar-refractivity contribution in [1.82, 2.24) is 10.2 Å². The van der Waals surface area contributed by atoms with Gasteiger partial charge in [0.1, 0.15) is 18.3 Å². The number of benzene rings is 3. The number of hydrogen-bond acceptors (Lipinski definition) is 5. The quantitative estimate of drug-likeness (QED) is 0.295. The third-order valence-electron chi connectivity index (χ3n) is 6.23. The Hall–Kier alpha value is -3.56. The largest absolute Gasteiger partial charge is 0.497 e. The van der Waals surface area contributed by atoms with Gasteiger partial charge in [0, 0.05) is 18.1 Å². The van der Waals surface area contributed by atoms with Crippen molar-refractivity contribution in [2.45, 2.75) is 44.2 Å². The second-order valence-electron chi connectivity index (χ2n) is 8.99. The monoisotopic (exact) mass is 571 g/mol. The number of amides is 2. The Bertz CT molecular complexity index is 1330. The highest BCUT2D eigenvalue weighted by molar-refractivity contribution is 7.92. The van der Waals surface area contributed by atoms with Gasteiger partial charge in [-0.1, -0.05) is 55.3 Å². The van der Waals surface area contributed by atoms with Crippen molar-refractivity contribution in [2.24, 2.45) is 0 Å². The molecular formula is C29H34ClN3O5S. The van der Waals surface area contributed by atoms with Gasteiger partial charge in [-0.05, 0) is 67.4 Å². The molecule has 1 atom stereocenters. The Labute approximate surface area is 235 Å². The van der Waals surface area contributed by atoms with E-state index in [9.17, 15) is 18.0 Å². The summed E-state index contributed by atoms with van der Waals surface area (Å²) in [5, 5.41) is 3.41.